The van der Waals surface area contributed by atoms with Crippen LogP contribution in [0.2, 0.25) is 0 Å². The average Bonchev–Trinajstić information content (AvgIpc) is 3.08. The second-order valence-corrected chi connectivity index (χ2v) is 5.01. The standard InChI is InChI=1S/C12H19N5O3/c13-3-4-16-6-15-11-10(12(16)19)14-7-17(11)9-2-1-8(5-18)20-9/h7-9,15,18H,1-6,13H2/t8-,9+/m0/s1. The van der Waals surface area contributed by atoms with Crippen molar-refractivity contribution in [2.45, 2.75) is 25.2 Å². The molecule has 20 heavy (non-hydrogen) atoms. The number of nitrogens with zero attached hydrogens (tertiary/aromatic N) is 3. The van der Waals surface area contributed by atoms with E-state index in [2.05, 4.69) is 10.3 Å². The number of nitrogens with two attached hydrogens (primary N) is 1. The molecule has 0 unspecified atom stereocenters. The number of ether oxygens (including phenoxy) is 1. The van der Waals surface area contributed by atoms with Gasteiger partial charge in [0, 0.05) is 13.1 Å². The lowest BCUT2D eigenvalue weighted by Crippen LogP contribution is -2.43. The Kier molecular flexibility index (Phi) is 3.60. The molecule has 4 N–H and O–H groups in total. The molecule has 3 heterocycles. The topological polar surface area (TPSA) is 106 Å². The molecule has 1 fully saturated rings. The van der Waals surface area contributed by atoms with Gasteiger partial charge in [0.1, 0.15) is 12.0 Å². The Morgan fingerprint density at radius 1 is 1.55 bits per heavy atom. The van der Waals surface area contributed by atoms with Crippen LogP contribution in [0.1, 0.15) is 29.6 Å². The number of rotatable bonds is 4. The normalized spacial score (nSPS) is 25.7. The number of aromatic nitrogens is 2. The van der Waals surface area contributed by atoms with Gasteiger partial charge in [-0.05, 0) is 12.8 Å². The quantitative estimate of drug-likeness (QED) is 0.676. The van der Waals surface area contributed by atoms with Gasteiger partial charge in [-0.2, -0.15) is 0 Å². The van der Waals surface area contributed by atoms with E-state index in [4.69, 9.17) is 15.6 Å². The lowest BCUT2D eigenvalue weighted by atomic mass is 10.2. The summed E-state index contributed by atoms with van der Waals surface area (Å²) in [6, 6.07) is 0. The number of amides is 1. The zero-order valence-electron chi connectivity index (χ0n) is 11.2. The Hall–Kier alpha value is -1.64. The number of imidazole rings is 1. The van der Waals surface area contributed by atoms with E-state index in [0.29, 0.717) is 31.3 Å². The van der Waals surface area contributed by atoms with Crippen LogP contribution in [0.4, 0.5) is 5.82 Å². The van der Waals surface area contributed by atoms with Gasteiger partial charge in [-0.15, -0.1) is 0 Å². The van der Waals surface area contributed by atoms with E-state index < -0.39 is 0 Å². The zero-order valence-corrected chi connectivity index (χ0v) is 11.2. The summed E-state index contributed by atoms with van der Waals surface area (Å²) in [7, 11) is 0. The number of hydrogen-bond donors (Lipinski definition) is 3. The molecule has 0 radical (unpaired) electrons. The molecule has 0 aromatic carbocycles. The molecule has 0 spiro atoms. The van der Waals surface area contributed by atoms with Crippen molar-refractivity contribution >= 4 is 11.7 Å². The first-order valence-corrected chi connectivity index (χ1v) is 6.81. The molecule has 0 bridgehead atoms. The van der Waals surface area contributed by atoms with Crippen molar-refractivity contribution in [1.29, 1.82) is 0 Å². The largest absolute Gasteiger partial charge is 0.394 e. The van der Waals surface area contributed by atoms with Crippen LogP contribution < -0.4 is 11.1 Å². The second kappa shape index (κ2) is 5.39. The van der Waals surface area contributed by atoms with Crippen LogP contribution in [0, 0.1) is 0 Å². The third kappa shape index (κ3) is 2.15. The summed E-state index contributed by atoms with van der Waals surface area (Å²) in [6.07, 6.45) is 2.92. The maximum absolute atomic E-state index is 12.2. The maximum atomic E-state index is 12.2. The van der Waals surface area contributed by atoms with Crippen molar-refractivity contribution in [2.24, 2.45) is 5.73 Å². The summed E-state index contributed by atoms with van der Waals surface area (Å²) < 4.78 is 7.55. The van der Waals surface area contributed by atoms with Gasteiger partial charge in [0.25, 0.3) is 5.91 Å². The fourth-order valence-electron chi connectivity index (χ4n) is 2.66. The van der Waals surface area contributed by atoms with E-state index in [1.54, 1.807) is 11.2 Å². The number of carbonyl (C=O) groups excluding carboxylic acids is 1. The van der Waals surface area contributed by atoms with Crippen molar-refractivity contribution in [3.8, 4) is 0 Å². The highest BCUT2D eigenvalue weighted by Gasteiger charge is 2.33. The van der Waals surface area contributed by atoms with Gasteiger partial charge in [0.05, 0.1) is 25.7 Å². The number of hydrogen-bond acceptors (Lipinski definition) is 6. The zero-order chi connectivity index (χ0) is 14.1. The van der Waals surface area contributed by atoms with Gasteiger partial charge in [-0.1, -0.05) is 0 Å². The van der Waals surface area contributed by atoms with Gasteiger partial charge in [-0.3, -0.25) is 9.36 Å². The minimum absolute atomic E-state index is 0.0179. The van der Waals surface area contributed by atoms with Crippen LogP contribution in [0.25, 0.3) is 0 Å². The molecule has 1 aromatic heterocycles. The predicted molar refractivity (Wildman–Crippen MR) is 71.0 cm³/mol. The van der Waals surface area contributed by atoms with Crippen LogP contribution in [-0.4, -0.2) is 57.9 Å². The van der Waals surface area contributed by atoms with E-state index in [1.807, 2.05) is 4.57 Å². The van der Waals surface area contributed by atoms with Gasteiger partial charge < -0.3 is 25.8 Å². The summed E-state index contributed by atoms with van der Waals surface area (Å²) in [6.45, 7) is 1.37. The first-order chi connectivity index (χ1) is 9.74. The molecule has 2 aliphatic rings. The monoisotopic (exact) mass is 281 g/mol. The molecule has 2 atom stereocenters. The van der Waals surface area contributed by atoms with E-state index in [1.165, 1.54) is 0 Å². The number of aliphatic hydroxyl groups excluding tert-OH is 1. The number of anilines is 1. The van der Waals surface area contributed by atoms with Crippen molar-refractivity contribution in [1.82, 2.24) is 14.5 Å². The summed E-state index contributed by atoms with van der Waals surface area (Å²) in [5.41, 5.74) is 5.89. The minimum Gasteiger partial charge on any atom is -0.394 e. The number of nitrogens with one attached hydrogen (secondary N) is 1. The second-order valence-electron chi connectivity index (χ2n) is 5.01. The molecule has 2 aliphatic heterocycles. The molecular formula is C12H19N5O3. The maximum Gasteiger partial charge on any atom is 0.277 e. The highest BCUT2D eigenvalue weighted by molar-refractivity contribution is 5.98. The first kappa shape index (κ1) is 13.3. The summed E-state index contributed by atoms with van der Waals surface area (Å²) in [5, 5.41) is 12.3. The van der Waals surface area contributed by atoms with Gasteiger partial charge in [0.2, 0.25) is 0 Å². The molecule has 8 nitrogen and oxygen atoms in total. The number of fused-ring (bicyclic) bond motifs is 1. The van der Waals surface area contributed by atoms with Gasteiger partial charge in [0.15, 0.2) is 5.69 Å². The minimum atomic E-state index is -0.176. The van der Waals surface area contributed by atoms with E-state index >= 15 is 0 Å². The Bertz CT molecular complexity index is 503. The number of carbonyl (C=O) groups is 1. The Labute approximate surface area is 116 Å². The van der Waals surface area contributed by atoms with Gasteiger partial charge >= 0.3 is 0 Å². The SMILES string of the molecule is NCCN1CNc2c(ncn2[C@H]2CC[C@@H](CO)O2)C1=O. The summed E-state index contributed by atoms with van der Waals surface area (Å²) >= 11 is 0. The summed E-state index contributed by atoms with van der Waals surface area (Å²) in [5.74, 6) is 0.575. The van der Waals surface area contributed by atoms with Crippen molar-refractivity contribution in [3.63, 3.8) is 0 Å². The van der Waals surface area contributed by atoms with Gasteiger partial charge in [-0.25, -0.2) is 4.98 Å². The lowest BCUT2D eigenvalue weighted by molar-refractivity contribution is -0.0215. The Balaban J connectivity index is 1.81. The molecule has 1 amide bonds. The van der Waals surface area contributed by atoms with Crippen molar-refractivity contribution in [3.05, 3.63) is 12.0 Å². The molecule has 3 rings (SSSR count). The highest BCUT2D eigenvalue weighted by atomic mass is 16.5. The Morgan fingerprint density at radius 3 is 3.10 bits per heavy atom. The van der Waals surface area contributed by atoms with E-state index in [-0.39, 0.29) is 24.8 Å². The predicted octanol–water partition coefficient (Wildman–Crippen LogP) is -0.663. The first-order valence-electron chi connectivity index (χ1n) is 6.81. The highest BCUT2D eigenvalue weighted by Crippen LogP contribution is 2.33. The molecule has 8 heteroatoms. The fourth-order valence-corrected chi connectivity index (χ4v) is 2.66. The van der Waals surface area contributed by atoms with E-state index in [9.17, 15) is 4.79 Å². The molecule has 0 aliphatic carbocycles. The third-order valence-corrected chi connectivity index (χ3v) is 3.72. The molecule has 110 valence electrons. The fraction of sp³-hybridized carbons (Fsp3) is 0.667. The Morgan fingerprint density at radius 2 is 2.40 bits per heavy atom. The molecular weight excluding hydrogens is 262 g/mol. The van der Waals surface area contributed by atoms with Crippen LogP contribution in [0.5, 0.6) is 0 Å². The van der Waals surface area contributed by atoms with Crippen molar-refractivity contribution < 1.29 is 14.6 Å². The molecule has 1 aromatic rings. The van der Waals surface area contributed by atoms with Crippen molar-refractivity contribution in [2.75, 3.05) is 31.7 Å². The lowest BCUT2D eigenvalue weighted by Gasteiger charge is -2.28. The van der Waals surface area contributed by atoms with Crippen LogP contribution in [0.15, 0.2) is 6.33 Å². The summed E-state index contributed by atoms with van der Waals surface area (Å²) in [4.78, 5) is 18.1. The smallest absolute Gasteiger partial charge is 0.277 e. The number of aliphatic hydroxyl groups is 1. The molecule has 0 saturated carbocycles. The van der Waals surface area contributed by atoms with E-state index in [0.717, 1.165) is 12.8 Å². The van der Waals surface area contributed by atoms with Crippen LogP contribution in [0.3, 0.4) is 0 Å². The van der Waals surface area contributed by atoms with Crippen LogP contribution >= 0.6 is 0 Å². The average molecular weight is 281 g/mol. The van der Waals surface area contributed by atoms with Crippen LogP contribution in [-0.2, 0) is 4.74 Å². The molecule has 1 saturated heterocycles. The third-order valence-electron chi connectivity index (χ3n) is 3.72.